The molecule has 112 valence electrons. The van der Waals surface area contributed by atoms with Crippen molar-refractivity contribution in [1.29, 1.82) is 0 Å². The highest BCUT2D eigenvalue weighted by Gasteiger charge is 2.21. The van der Waals surface area contributed by atoms with Gasteiger partial charge in [-0.2, -0.15) is 0 Å². The number of nitrogens with one attached hydrogen (secondary N) is 1. The van der Waals surface area contributed by atoms with Crippen molar-refractivity contribution in [3.8, 4) is 0 Å². The fourth-order valence-corrected chi connectivity index (χ4v) is 2.78. The number of para-hydroxylation sites is 1. The van der Waals surface area contributed by atoms with E-state index in [0.717, 1.165) is 43.4 Å². The summed E-state index contributed by atoms with van der Waals surface area (Å²) in [4.78, 5) is 7.35. The number of anilines is 1. The molecule has 0 radical (unpaired) electrons. The second-order valence-electron chi connectivity index (χ2n) is 5.90. The van der Waals surface area contributed by atoms with Crippen LogP contribution in [0.4, 0.5) is 5.82 Å². The van der Waals surface area contributed by atoms with Crippen LogP contribution in [0.15, 0.2) is 30.3 Å². The predicted octanol–water partition coefficient (Wildman–Crippen LogP) is 3.72. The summed E-state index contributed by atoms with van der Waals surface area (Å²) in [6.45, 7) is 7.45. The molecule has 1 aromatic heterocycles. The van der Waals surface area contributed by atoms with E-state index in [-0.39, 0.29) is 0 Å². The van der Waals surface area contributed by atoms with Crippen LogP contribution < -0.4 is 10.2 Å². The first-order chi connectivity index (χ1) is 10.3. The highest BCUT2D eigenvalue weighted by atomic mass is 15.2. The molecule has 3 rings (SSSR count). The summed E-state index contributed by atoms with van der Waals surface area (Å²) in [6, 6.07) is 11.5. The molecule has 1 N–H and O–H groups in total. The molecule has 2 aromatic rings. The fraction of sp³-hybridized carbons (Fsp3) is 0.500. The van der Waals surface area contributed by atoms with Crippen LogP contribution in [-0.2, 0) is 6.54 Å². The topological polar surface area (TPSA) is 28.2 Å². The summed E-state index contributed by atoms with van der Waals surface area (Å²) < 4.78 is 0. The second kappa shape index (κ2) is 6.44. The lowest BCUT2D eigenvalue weighted by atomic mass is 10.1. The van der Waals surface area contributed by atoms with Gasteiger partial charge in [-0.3, -0.25) is 0 Å². The molecule has 1 aliphatic rings. The van der Waals surface area contributed by atoms with Crippen LogP contribution in [-0.4, -0.2) is 24.1 Å². The Hall–Kier alpha value is -1.61. The van der Waals surface area contributed by atoms with Crippen LogP contribution in [0.3, 0.4) is 0 Å². The maximum Gasteiger partial charge on any atom is 0.133 e. The van der Waals surface area contributed by atoms with Gasteiger partial charge in [0.25, 0.3) is 0 Å². The molecule has 0 unspecified atom stereocenters. The Morgan fingerprint density at radius 3 is 2.76 bits per heavy atom. The average molecular weight is 283 g/mol. The van der Waals surface area contributed by atoms with Gasteiger partial charge in [-0.25, -0.2) is 4.98 Å². The first kappa shape index (κ1) is 14.3. The summed E-state index contributed by atoms with van der Waals surface area (Å²) in [5, 5.41) is 4.87. The number of hydrogen-bond donors (Lipinski definition) is 1. The smallest absolute Gasteiger partial charge is 0.133 e. The average Bonchev–Trinajstić information content (AvgIpc) is 3.34. The largest absolute Gasteiger partial charge is 0.357 e. The van der Waals surface area contributed by atoms with Crippen LogP contribution >= 0.6 is 0 Å². The van der Waals surface area contributed by atoms with E-state index in [0.29, 0.717) is 0 Å². The number of fused-ring (bicyclic) bond motifs is 1. The lowest BCUT2D eigenvalue weighted by molar-refractivity contribution is 0.679. The Balaban J connectivity index is 1.97. The van der Waals surface area contributed by atoms with Crippen molar-refractivity contribution in [3.05, 3.63) is 35.9 Å². The SMILES string of the molecule is CCCN(CC)c1nc2ccccc2cc1CNC1CC1. The zero-order valence-corrected chi connectivity index (χ0v) is 13.1. The van der Waals surface area contributed by atoms with E-state index in [1.54, 1.807) is 0 Å². The number of rotatable bonds is 7. The van der Waals surface area contributed by atoms with Gasteiger partial charge in [0.1, 0.15) is 5.82 Å². The standard InChI is InChI=1S/C18H25N3/c1-3-11-21(4-2)18-15(13-19-16-9-10-16)12-14-7-5-6-8-17(14)20-18/h5-8,12,16,19H,3-4,9-11,13H2,1-2H3. The number of benzene rings is 1. The van der Waals surface area contributed by atoms with Crippen molar-refractivity contribution in [2.75, 3.05) is 18.0 Å². The second-order valence-corrected chi connectivity index (χ2v) is 5.90. The molecular formula is C18H25N3. The molecule has 21 heavy (non-hydrogen) atoms. The minimum Gasteiger partial charge on any atom is -0.357 e. The minimum absolute atomic E-state index is 0.727. The third-order valence-corrected chi connectivity index (χ3v) is 4.11. The molecule has 1 fully saturated rings. The van der Waals surface area contributed by atoms with Crippen LogP contribution in [0.25, 0.3) is 10.9 Å². The zero-order valence-electron chi connectivity index (χ0n) is 13.1. The van der Waals surface area contributed by atoms with Gasteiger partial charge in [-0.15, -0.1) is 0 Å². The molecule has 0 aliphatic heterocycles. The van der Waals surface area contributed by atoms with Crippen LogP contribution in [0.1, 0.15) is 38.7 Å². The Morgan fingerprint density at radius 2 is 2.05 bits per heavy atom. The summed E-state index contributed by atoms with van der Waals surface area (Å²) in [5.74, 6) is 1.16. The molecule has 3 heteroatoms. The third-order valence-electron chi connectivity index (χ3n) is 4.11. The van der Waals surface area contributed by atoms with Crippen LogP contribution in [0.2, 0.25) is 0 Å². The van der Waals surface area contributed by atoms with Gasteiger partial charge in [0, 0.05) is 36.6 Å². The van der Waals surface area contributed by atoms with E-state index >= 15 is 0 Å². The van der Waals surface area contributed by atoms with Crippen molar-refractivity contribution in [2.24, 2.45) is 0 Å². The van der Waals surface area contributed by atoms with E-state index in [2.05, 4.69) is 54.4 Å². The lowest BCUT2D eigenvalue weighted by Gasteiger charge is -2.24. The molecule has 1 aromatic carbocycles. The zero-order chi connectivity index (χ0) is 14.7. The van der Waals surface area contributed by atoms with Gasteiger partial charge >= 0.3 is 0 Å². The summed E-state index contributed by atoms with van der Waals surface area (Å²) in [7, 11) is 0. The maximum absolute atomic E-state index is 4.95. The maximum atomic E-state index is 4.95. The highest BCUT2D eigenvalue weighted by Crippen LogP contribution is 2.26. The molecule has 0 saturated heterocycles. The normalized spacial score (nSPS) is 14.6. The van der Waals surface area contributed by atoms with Gasteiger partial charge in [0.05, 0.1) is 5.52 Å². The molecule has 1 aliphatic carbocycles. The molecule has 0 atom stereocenters. The van der Waals surface area contributed by atoms with Gasteiger partial charge in [-0.05, 0) is 38.3 Å². The highest BCUT2D eigenvalue weighted by molar-refractivity contribution is 5.81. The molecule has 0 amide bonds. The molecule has 3 nitrogen and oxygen atoms in total. The van der Waals surface area contributed by atoms with Crippen molar-refractivity contribution < 1.29 is 0 Å². The van der Waals surface area contributed by atoms with Crippen molar-refractivity contribution in [3.63, 3.8) is 0 Å². The Bertz CT molecular complexity index is 604. The first-order valence-electron chi connectivity index (χ1n) is 8.18. The van der Waals surface area contributed by atoms with E-state index in [9.17, 15) is 0 Å². The van der Waals surface area contributed by atoms with Gasteiger partial charge in [-0.1, -0.05) is 25.1 Å². The van der Waals surface area contributed by atoms with Gasteiger partial charge in [0.2, 0.25) is 0 Å². The molecular weight excluding hydrogens is 258 g/mol. The van der Waals surface area contributed by atoms with E-state index in [1.807, 2.05) is 0 Å². The van der Waals surface area contributed by atoms with E-state index in [1.165, 1.54) is 23.8 Å². The molecule has 0 bridgehead atoms. The molecule has 0 spiro atoms. The Kier molecular flexibility index (Phi) is 4.39. The van der Waals surface area contributed by atoms with E-state index in [4.69, 9.17) is 4.98 Å². The Labute approximate surface area is 127 Å². The van der Waals surface area contributed by atoms with E-state index < -0.39 is 0 Å². The first-order valence-corrected chi connectivity index (χ1v) is 8.18. The van der Waals surface area contributed by atoms with Crippen LogP contribution in [0, 0.1) is 0 Å². The summed E-state index contributed by atoms with van der Waals surface area (Å²) >= 11 is 0. The number of aromatic nitrogens is 1. The third kappa shape index (κ3) is 3.35. The summed E-state index contributed by atoms with van der Waals surface area (Å²) in [6.07, 6.45) is 3.80. The quantitative estimate of drug-likeness (QED) is 0.839. The van der Waals surface area contributed by atoms with Gasteiger partial charge < -0.3 is 10.2 Å². The predicted molar refractivity (Wildman–Crippen MR) is 89.8 cm³/mol. The van der Waals surface area contributed by atoms with Gasteiger partial charge in [0.15, 0.2) is 0 Å². The van der Waals surface area contributed by atoms with Crippen LogP contribution in [0.5, 0.6) is 0 Å². The number of pyridine rings is 1. The van der Waals surface area contributed by atoms with Crippen molar-refractivity contribution in [1.82, 2.24) is 10.3 Å². The number of nitrogens with zero attached hydrogens (tertiary/aromatic N) is 2. The van der Waals surface area contributed by atoms with Crippen molar-refractivity contribution >= 4 is 16.7 Å². The minimum atomic E-state index is 0.727. The molecule has 1 heterocycles. The summed E-state index contributed by atoms with van der Waals surface area (Å²) in [5.41, 5.74) is 2.42. The van der Waals surface area contributed by atoms with Crippen molar-refractivity contribution in [2.45, 2.75) is 45.7 Å². The molecule has 1 saturated carbocycles. The fourth-order valence-electron chi connectivity index (χ4n) is 2.78. The monoisotopic (exact) mass is 283 g/mol. The lowest BCUT2D eigenvalue weighted by Crippen LogP contribution is -2.27. The Morgan fingerprint density at radius 1 is 1.24 bits per heavy atom. The number of hydrogen-bond acceptors (Lipinski definition) is 3.